The number of aromatic nitrogens is 2. The largest absolute Gasteiger partial charge is 0.482 e. The standard InChI is InChI=1S/C19H23N3O5/c1-11-15(17(26)22-18(21-11)19(2,3)4)16(25)20-9-12-6-5-7-13(8-12)27-10-14(23)24/h5-8H,9-10H2,1-4H3,(H,20,25)(H,23,24)(H,21,22,26). The van der Waals surface area contributed by atoms with Crippen LogP contribution >= 0.6 is 0 Å². The van der Waals surface area contributed by atoms with Gasteiger partial charge in [0, 0.05) is 12.0 Å². The van der Waals surface area contributed by atoms with Gasteiger partial charge in [0.25, 0.3) is 11.5 Å². The van der Waals surface area contributed by atoms with E-state index >= 15 is 0 Å². The van der Waals surface area contributed by atoms with E-state index in [4.69, 9.17) is 9.84 Å². The van der Waals surface area contributed by atoms with Crippen molar-refractivity contribution in [3.05, 3.63) is 57.3 Å². The fourth-order valence-corrected chi connectivity index (χ4v) is 2.37. The molecule has 0 fully saturated rings. The van der Waals surface area contributed by atoms with Gasteiger partial charge in [-0.3, -0.25) is 9.59 Å². The number of aromatic amines is 1. The average molecular weight is 373 g/mol. The summed E-state index contributed by atoms with van der Waals surface area (Å²) in [4.78, 5) is 42.3. The summed E-state index contributed by atoms with van der Waals surface area (Å²) in [6, 6.07) is 6.70. The number of carbonyl (C=O) groups excluding carboxylic acids is 1. The Labute approximate surface area is 156 Å². The Morgan fingerprint density at radius 3 is 2.59 bits per heavy atom. The number of carbonyl (C=O) groups is 2. The van der Waals surface area contributed by atoms with Crippen LogP contribution < -0.4 is 15.6 Å². The van der Waals surface area contributed by atoms with Gasteiger partial charge in [-0.2, -0.15) is 0 Å². The number of hydrogen-bond acceptors (Lipinski definition) is 5. The number of aliphatic carboxylic acids is 1. The molecule has 27 heavy (non-hydrogen) atoms. The highest BCUT2D eigenvalue weighted by Crippen LogP contribution is 2.17. The molecule has 0 atom stereocenters. The molecule has 1 aromatic carbocycles. The molecule has 0 spiro atoms. The molecule has 8 nitrogen and oxygen atoms in total. The molecule has 0 aliphatic heterocycles. The first-order valence-corrected chi connectivity index (χ1v) is 8.41. The van der Waals surface area contributed by atoms with E-state index in [0.29, 0.717) is 22.8 Å². The van der Waals surface area contributed by atoms with E-state index in [9.17, 15) is 14.4 Å². The minimum absolute atomic E-state index is 0.0266. The fraction of sp³-hybridized carbons (Fsp3) is 0.368. The van der Waals surface area contributed by atoms with Crippen molar-refractivity contribution in [3.63, 3.8) is 0 Å². The van der Waals surface area contributed by atoms with Gasteiger partial charge in [0.1, 0.15) is 17.1 Å². The number of aryl methyl sites for hydroxylation is 1. The average Bonchev–Trinajstić information content (AvgIpc) is 2.57. The molecule has 0 radical (unpaired) electrons. The highest BCUT2D eigenvalue weighted by Gasteiger charge is 2.22. The van der Waals surface area contributed by atoms with Gasteiger partial charge in [-0.1, -0.05) is 32.9 Å². The van der Waals surface area contributed by atoms with Crippen molar-refractivity contribution in [1.82, 2.24) is 15.3 Å². The number of carboxylic acid groups (broad SMARTS) is 1. The number of ether oxygens (including phenoxy) is 1. The van der Waals surface area contributed by atoms with Crippen molar-refractivity contribution in [2.24, 2.45) is 0 Å². The van der Waals surface area contributed by atoms with Crippen LogP contribution in [0.2, 0.25) is 0 Å². The number of rotatable bonds is 6. The van der Waals surface area contributed by atoms with Crippen molar-refractivity contribution in [1.29, 1.82) is 0 Å². The molecular weight excluding hydrogens is 350 g/mol. The zero-order valence-corrected chi connectivity index (χ0v) is 15.8. The van der Waals surface area contributed by atoms with Crippen molar-refractivity contribution in [2.45, 2.75) is 39.7 Å². The Morgan fingerprint density at radius 2 is 2.00 bits per heavy atom. The Bertz CT molecular complexity index is 912. The lowest BCUT2D eigenvalue weighted by molar-refractivity contribution is -0.139. The van der Waals surface area contributed by atoms with Crippen LogP contribution in [0.4, 0.5) is 0 Å². The molecule has 0 aliphatic carbocycles. The van der Waals surface area contributed by atoms with Crippen LogP contribution in [0.25, 0.3) is 0 Å². The normalized spacial score (nSPS) is 11.1. The third-order valence-electron chi connectivity index (χ3n) is 3.75. The molecule has 0 saturated carbocycles. The van der Waals surface area contributed by atoms with Gasteiger partial charge < -0.3 is 20.1 Å². The van der Waals surface area contributed by atoms with Gasteiger partial charge >= 0.3 is 5.97 Å². The fourth-order valence-electron chi connectivity index (χ4n) is 2.37. The summed E-state index contributed by atoms with van der Waals surface area (Å²) < 4.78 is 5.11. The molecule has 0 bridgehead atoms. The van der Waals surface area contributed by atoms with Crippen LogP contribution in [0.5, 0.6) is 5.75 Å². The summed E-state index contributed by atoms with van der Waals surface area (Å²) in [6.45, 7) is 7.09. The number of carboxylic acids is 1. The Morgan fingerprint density at radius 1 is 1.30 bits per heavy atom. The van der Waals surface area contributed by atoms with E-state index in [1.165, 1.54) is 0 Å². The summed E-state index contributed by atoms with van der Waals surface area (Å²) in [5.74, 6) is -0.701. The number of hydrogen-bond donors (Lipinski definition) is 3. The summed E-state index contributed by atoms with van der Waals surface area (Å²) >= 11 is 0. The van der Waals surface area contributed by atoms with E-state index < -0.39 is 24.0 Å². The Balaban J connectivity index is 2.11. The van der Waals surface area contributed by atoms with Crippen LogP contribution in [-0.2, 0) is 16.8 Å². The van der Waals surface area contributed by atoms with E-state index in [1.54, 1.807) is 31.2 Å². The molecule has 3 N–H and O–H groups in total. The third-order valence-corrected chi connectivity index (χ3v) is 3.75. The highest BCUT2D eigenvalue weighted by molar-refractivity contribution is 5.94. The lowest BCUT2D eigenvalue weighted by Crippen LogP contribution is -2.33. The zero-order valence-electron chi connectivity index (χ0n) is 15.8. The summed E-state index contributed by atoms with van der Waals surface area (Å²) in [5.41, 5.74) is 0.221. The van der Waals surface area contributed by atoms with E-state index in [0.717, 1.165) is 0 Å². The number of nitrogens with zero attached hydrogens (tertiary/aromatic N) is 1. The molecule has 0 aliphatic rings. The SMILES string of the molecule is Cc1nc(C(C)(C)C)[nH]c(=O)c1C(=O)NCc1cccc(OCC(=O)O)c1. The van der Waals surface area contributed by atoms with Crippen molar-refractivity contribution >= 4 is 11.9 Å². The Hall–Kier alpha value is -3.16. The van der Waals surface area contributed by atoms with E-state index in [-0.39, 0.29) is 17.5 Å². The van der Waals surface area contributed by atoms with Crippen LogP contribution in [0.1, 0.15) is 48.2 Å². The molecule has 8 heteroatoms. The molecule has 1 heterocycles. The van der Waals surface area contributed by atoms with Crippen molar-refractivity contribution in [3.8, 4) is 5.75 Å². The minimum Gasteiger partial charge on any atom is -0.482 e. The molecule has 144 valence electrons. The number of nitrogens with one attached hydrogen (secondary N) is 2. The molecule has 2 aromatic rings. The lowest BCUT2D eigenvalue weighted by atomic mass is 9.95. The maximum Gasteiger partial charge on any atom is 0.341 e. The number of amides is 1. The number of benzene rings is 1. The zero-order chi connectivity index (χ0) is 20.2. The van der Waals surface area contributed by atoms with Crippen molar-refractivity contribution in [2.75, 3.05) is 6.61 Å². The van der Waals surface area contributed by atoms with Crippen LogP contribution in [0.3, 0.4) is 0 Å². The second-order valence-electron chi connectivity index (χ2n) is 7.14. The molecule has 1 aromatic heterocycles. The molecule has 2 rings (SSSR count). The maximum atomic E-state index is 12.4. The molecular formula is C19H23N3O5. The summed E-state index contributed by atoms with van der Waals surface area (Å²) in [5, 5.41) is 11.3. The van der Waals surface area contributed by atoms with Gasteiger partial charge in [0.2, 0.25) is 0 Å². The van der Waals surface area contributed by atoms with Gasteiger partial charge in [0.05, 0.1) is 5.69 Å². The van der Waals surface area contributed by atoms with E-state index in [1.807, 2.05) is 20.8 Å². The summed E-state index contributed by atoms with van der Waals surface area (Å²) in [6.07, 6.45) is 0. The second-order valence-corrected chi connectivity index (χ2v) is 7.14. The molecule has 0 saturated heterocycles. The quantitative estimate of drug-likeness (QED) is 0.709. The predicted molar refractivity (Wildman–Crippen MR) is 99.0 cm³/mol. The first-order chi connectivity index (χ1) is 12.6. The number of H-pyrrole nitrogens is 1. The third kappa shape index (κ3) is 5.40. The summed E-state index contributed by atoms with van der Waals surface area (Å²) in [7, 11) is 0. The first-order valence-electron chi connectivity index (χ1n) is 8.41. The monoisotopic (exact) mass is 373 g/mol. The van der Waals surface area contributed by atoms with Gasteiger partial charge in [-0.05, 0) is 24.6 Å². The topological polar surface area (TPSA) is 121 Å². The van der Waals surface area contributed by atoms with Crippen LogP contribution in [0.15, 0.2) is 29.1 Å². The van der Waals surface area contributed by atoms with Crippen LogP contribution in [-0.4, -0.2) is 33.6 Å². The van der Waals surface area contributed by atoms with Crippen LogP contribution in [0, 0.1) is 6.92 Å². The molecule has 1 amide bonds. The van der Waals surface area contributed by atoms with Gasteiger partial charge in [0.15, 0.2) is 6.61 Å². The lowest BCUT2D eigenvalue weighted by Gasteiger charge is -2.18. The van der Waals surface area contributed by atoms with Gasteiger partial charge in [-0.25, -0.2) is 9.78 Å². The van der Waals surface area contributed by atoms with Gasteiger partial charge in [-0.15, -0.1) is 0 Å². The first kappa shape index (κ1) is 20.2. The second kappa shape index (κ2) is 8.03. The van der Waals surface area contributed by atoms with Crippen molar-refractivity contribution < 1.29 is 19.4 Å². The molecule has 0 unspecified atom stereocenters. The predicted octanol–water partition coefficient (Wildman–Crippen LogP) is 1.77. The Kier molecular flexibility index (Phi) is 5.99. The minimum atomic E-state index is -1.07. The maximum absolute atomic E-state index is 12.4. The van der Waals surface area contributed by atoms with E-state index in [2.05, 4.69) is 15.3 Å². The highest BCUT2D eigenvalue weighted by atomic mass is 16.5. The smallest absolute Gasteiger partial charge is 0.341 e.